The summed E-state index contributed by atoms with van der Waals surface area (Å²) in [6.45, 7) is 5.97. The van der Waals surface area contributed by atoms with Gasteiger partial charge in [-0.25, -0.2) is 9.79 Å². The first-order valence-electron chi connectivity index (χ1n) is 12.0. The number of amides is 2. The molecule has 186 valence electrons. The first-order chi connectivity index (χ1) is 17.1. The summed E-state index contributed by atoms with van der Waals surface area (Å²) in [5.41, 5.74) is 8.90. The molecule has 1 aliphatic rings. The fraction of sp³-hybridized carbons (Fsp3) is 0.276. The Morgan fingerprint density at radius 1 is 0.972 bits per heavy atom. The van der Waals surface area contributed by atoms with Gasteiger partial charge in [0.2, 0.25) is 0 Å². The Kier molecular flexibility index (Phi) is 6.84. The molecule has 0 spiro atoms. The summed E-state index contributed by atoms with van der Waals surface area (Å²) in [4.78, 5) is 31.5. The van der Waals surface area contributed by atoms with E-state index in [-0.39, 0.29) is 11.9 Å². The van der Waals surface area contributed by atoms with Gasteiger partial charge in [-0.15, -0.1) is 0 Å². The predicted octanol–water partition coefficient (Wildman–Crippen LogP) is 4.45. The average Bonchev–Trinajstić information content (AvgIpc) is 3.08. The lowest BCUT2D eigenvalue weighted by molar-refractivity contribution is -0.129. The van der Waals surface area contributed by atoms with Gasteiger partial charge >= 0.3 is 6.09 Å². The Labute approximate surface area is 212 Å². The maximum Gasteiger partial charge on any atom is 0.407 e. The Hall–Kier alpha value is -4.13. The Morgan fingerprint density at radius 2 is 1.61 bits per heavy atom. The molecule has 0 fully saturated rings. The van der Waals surface area contributed by atoms with Crippen LogP contribution in [0.15, 0.2) is 83.9 Å². The summed E-state index contributed by atoms with van der Waals surface area (Å²) in [7, 11) is 1.64. The number of guanidine groups is 1. The van der Waals surface area contributed by atoms with Crippen LogP contribution >= 0.6 is 0 Å². The van der Waals surface area contributed by atoms with Gasteiger partial charge in [0, 0.05) is 13.6 Å². The summed E-state index contributed by atoms with van der Waals surface area (Å²) in [5.74, 6) is -0.000872. The van der Waals surface area contributed by atoms with Crippen LogP contribution in [0.3, 0.4) is 0 Å². The highest BCUT2D eigenvalue weighted by atomic mass is 16.6. The molecule has 7 nitrogen and oxygen atoms in total. The summed E-state index contributed by atoms with van der Waals surface area (Å²) in [6.07, 6.45) is 0.230. The monoisotopic (exact) mass is 484 g/mol. The van der Waals surface area contributed by atoms with Gasteiger partial charge in [0.1, 0.15) is 5.60 Å². The molecule has 1 aliphatic heterocycles. The summed E-state index contributed by atoms with van der Waals surface area (Å²) < 4.78 is 5.30. The van der Waals surface area contributed by atoms with Crippen molar-refractivity contribution in [3.63, 3.8) is 0 Å². The third-order valence-corrected chi connectivity index (χ3v) is 6.05. The number of rotatable bonds is 6. The predicted molar refractivity (Wildman–Crippen MR) is 141 cm³/mol. The minimum absolute atomic E-state index is 0.189. The number of nitrogens with one attached hydrogen (secondary N) is 1. The number of likely N-dealkylation sites (N-methyl/N-ethyl adjacent to an activating group) is 1. The topological polar surface area (TPSA) is 97.0 Å². The zero-order valence-corrected chi connectivity index (χ0v) is 21.1. The summed E-state index contributed by atoms with van der Waals surface area (Å²) in [6, 6.07) is 25.5. The van der Waals surface area contributed by atoms with E-state index in [0.717, 1.165) is 27.8 Å². The number of nitrogens with two attached hydrogens (primary N) is 1. The van der Waals surface area contributed by atoms with Crippen molar-refractivity contribution in [3.05, 3.63) is 95.6 Å². The largest absolute Gasteiger partial charge is 0.444 e. The minimum atomic E-state index is -1.23. The molecule has 3 aromatic rings. The molecule has 0 aliphatic carbocycles. The molecular formula is C29H32N4O3. The molecule has 0 saturated carbocycles. The Morgan fingerprint density at radius 3 is 2.25 bits per heavy atom. The number of ether oxygens (including phenoxy) is 1. The number of nitrogens with zero attached hydrogens (tertiary/aromatic N) is 2. The van der Waals surface area contributed by atoms with Crippen molar-refractivity contribution in [2.75, 3.05) is 13.6 Å². The number of hydrogen-bond donors (Lipinski definition) is 2. The van der Waals surface area contributed by atoms with E-state index in [2.05, 4.69) is 16.4 Å². The van der Waals surface area contributed by atoms with E-state index in [4.69, 9.17) is 10.5 Å². The zero-order valence-electron chi connectivity index (χ0n) is 21.1. The third kappa shape index (κ3) is 5.10. The van der Waals surface area contributed by atoms with Crippen molar-refractivity contribution < 1.29 is 14.3 Å². The molecule has 0 bridgehead atoms. The van der Waals surface area contributed by atoms with E-state index in [1.807, 2.05) is 93.6 Å². The van der Waals surface area contributed by atoms with Crippen LogP contribution in [0, 0.1) is 0 Å². The molecule has 4 rings (SSSR count). The second-order valence-corrected chi connectivity index (χ2v) is 9.87. The third-order valence-electron chi connectivity index (χ3n) is 6.05. The molecule has 2 amide bonds. The highest BCUT2D eigenvalue weighted by molar-refractivity contribution is 6.09. The van der Waals surface area contributed by atoms with Crippen molar-refractivity contribution >= 4 is 18.0 Å². The van der Waals surface area contributed by atoms with Crippen LogP contribution in [0.25, 0.3) is 11.1 Å². The van der Waals surface area contributed by atoms with Crippen LogP contribution in [0.4, 0.5) is 4.79 Å². The highest BCUT2D eigenvalue weighted by Gasteiger charge is 2.49. The SMILES string of the molecule is CN1C(=O)C(c2ccccc2)(c2cccc(-c3cccc(CCNC(=O)OC(C)(C)C)c3)c2)N=C1N. The van der Waals surface area contributed by atoms with E-state index in [1.165, 1.54) is 4.90 Å². The Balaban J connectivity index is 1.61. The van der Waals surface area contributed by atoms with Gasteiger partial charge in [0.25, 0.3) is 5.91 Å². The van der Waals surface area contributed by atoms with E-state index in [1.54, 1.807) is 7.05 Å². The molecule has 3 N–H and O–H groups in total. The molecule has 0 aromatic heterocycles. The van der Waals surface area contributed by atoms with E-state index >= 15 is 0 Å². The maximum atomic E-state index is 13.5. The molecular weight excluding hydrogens is 452 g/mol. The lowest BCUT2D eigenvalue weighted by Gasteiger charge is -2.26. The number of carbonyl (C=O) groups is 2. The quantitative estimate of drug-likeness (QED) is 0.540. The molecule has 0 radical (unpaired) electrons. The van der Waals surface area contributed by atoms with Crippen LogP contribution in [0.5, 0.6) is 0 Å². The van der Waals surface area contributed by atoms with Crippen molar-refractivity contribution in [1.29, 1.82) is 0 Å². The molecule has 3 aromatic carbocycles. The molecule has 36 heavy (non-hydrogen) atoms. The van der Waals surface area contributed by atoms with Crippen molar-refractivity contribution in [2.45, 2.75) is 38.3 Å². The molecule has 1 unspecified atom stereocenters. The van der Waals surface area contributed by atoms with Gasteiger partial charge in [0.05, 0.1) is 0 Å². The number of hydrogen-bond acceptors (Lipinski definition) is 5. The van der Waals surface area contributed by atoms with Gasteiger partial charge in [-0.05, 0) is 61.1 Å². The van der Waals surface area contributed by atoms with Gasteiger partial charge in [-0.1, -0.05) is 72.8 Å². The summed E-state index contributed by atoms with van der Waals surface area (Å²) in [5, 5.41) is 2.80. The van der Waals surface area contributed by atoms with Gasteiger partial charge in [-0.3, -0.25) is 9.69 Å². The zero-order chi connectivity index (χ0) is 25.9. The number of alkyl carbamates (subject to hydrolysis) is 1. The first-order valence-corrected chi connectivity index (χ1v) is 12.0. The standard InChI is InChI=1S/C29H32N4O3/c1-28(2,3)36-27(35)31-17-16-20-10-8-11-21(18-20)22-12-9-15-24(19-22)29(23-13-6-5-7-14-23)25(34)33(4)26(30)32-29/h5-15,18-19H,16-17H2,1-4H3,(H2,30,32)(H,31,35). The van der Waals surface area contributed by atoms with Crippen molar-refractivity contribution in [2.24, 2.45) is 10.7 Å². The lowest BCUT2D eigenvalue weighted by Crippen LogP contribution is -2.41. The molecule has 1 heterocycles. The van der Waals surface area contributed by atoms with E-state index in [0.29, 0.717) is 13.0 Å². The van der Waals surface area contributed by atoms with Crippen LogP contribution in [0.1, 0.15) is 37.5 Å². The van der Waals surface area contributed by atoms with Crippen LogP contribution < -0.4 is 11.1 Å². The van der Waals surface area contributed by atoms with Crippen molar-refractivity contribution in [1.82, 2.24) is 10.2 Å². The first kappa shape index (κ1) is 25.0. The number of aliphatic imine (C=N–C) groups is 1. The molecule has 1 atom stereocenters. The van der Waals surface area contributed by atoms with Crippen LogP contribution in [-0.2, 0) is 21.5 Å². The normalized spacial score (nSPS) is 17.6. The smallest absolute Gasteiger partial charge is 0.407 e. The maximum absolute atomic E-state index is 13.5. The number of carbonyl (C=O) groups excluding carboxylic acids is 2. The lowest BCUT2D eigenvalue weighted by atomic mass is 9.81. The van der Waals surface area contributed by atoms with Crippen LogP contribution in [-0.4, -0.2) is 42.1 Å². The minimum Gasteiger partial charge on any atom is -0.444 e. The average molecular weight is 485 g/mol. The number of benzene rings is 3. The fourth-order valence-corrected chi connectivity index (χ4v) is 4.32. The highest BCUT2D eigenvalue weighted by Crippen LogP contribution is 2.40. The fourth-order valence-electron chi connectivity index (χ4n) is 4.32. The van der Waals surface area contributed by atoms with Crippen LogP contribution in [0.2, 0.25) is 0 Å². The molecule has 0 saturated heterocycles. The Bertz CT molecular complexity index is 1300. The van der Waals surface area contributed by atoms with E-state index < -0.39 is 17.2 Å². The second-order valence-electron chi connectivity index (χ2n) is 9.87. The van der Waals surface area contributed by atoms with Gasteiger partial charge < -0.3 is 15.8 Å². The van der Waals surface area contributed by atoms with Crippen molar-refractivity contribution in [3.8, 4) is 11.1 Å². The summed E-state index contributed by atoms with van der Waals surface area (Å²) >= 11 is 0. The molecule has 7 heteroatoms. The van der Waals surface area contributed by atoms with Gasteiger partial charge in [0.15, 0.2) is 11.5 Å². The van der Waals surface area contributed by atoms with Gasteiger partial charge in [-0.2, -0.15) is 0 Å². The second kappa shape index (κ2) is 9.85. The van der Waals surface area contributed by atoms with E-state index in [9.17, 15) is 9.59 Å².